The molecule has 16 heteroatoms. The van der Waals surface area contributed by atoms with Crippen molar-refractivity contribution in [2.45, 2.75) is 36.9 Å². The first-order valence-electron chi connectivity index (χ1n) is 19.6. The average molecular weight is 739 g/mol. The Morgan fingerprint density at radius 1 is 0.741 bits per heavy atom. The van der Waals surface area contributed by atoms with Gasteiger partial charge in [0.15, 0.2) is 11.4 Å². The average Bonchev–Trinajstić information content (AvgIpc) is 3.90. The molecule has 16 nitrogen and oxygen atoms in total. The Bertz CT molecular complexity index is 2410. The summed E-state index contributed by atoms with van der Waals surface area (Å²) in [6.07, 6.45) is 0.845. The molecule has 54 heavy (non-hydrogen) atoms. The number of hydrogen-bond acceptors (Lipinski definition) is 10. The maximum atomic E-state index is 12.3. The lowest BCUT2D eigenvalue weighted by molar-refractivity contribution is -0.138. The number of amides is 4. The van der Waals surface area contributed by atoms with Gasteiger partial charge in [0.2, 0.25) is 11.2 Å². The second-order valence-corrected chi connectivity index (χ2v) is 12.8. The van der Waals surface area contributed by atoms with Gasteiger partial charge in [-0.2, -0.15) is 10.2 Å². The molecule has 4 amide bonds. The Labute approximate surface area is 317 Å². The number of nitrogens with zero attached hydrogens (tertiary/aromatic N) is 6. The van der Waals surface area contributed by atoms with Crippen LogP contribution >= 0.6 is 0 Å². The van der Waals surface area contributed by atoms with E-state index in [1.54, 1.807) is 57.9 Å². The van der Waals surface area contributed by atoms with E-state index in [1.165, 1.54) is 0 Å². The highest BCUT2D eigenvalue weighted by atomic mass is 16.5. The Balaban J connectivity index is 0.000000181. The predicted octanol–water partition coefficient (Wildman–Crippen LogP) is -0.298. The van der Waals surface area contributed by atoms with Crippen molar-refractivity contribution in [3.05, 3.63) is 82.4 Å². The van der Waals surface area contributed by atoms with Gasteiger partial charge < -0.3 is 41.0 Å². The molecule has 0 aliphatic carbocycles. The van der Waals surface area contributed by atoms with E-state index in [0.717, 1.165) is 11.4 Å². The van der Waals surface area contributed by atoms with Gasteiger partial charge in [-0.25, -0.2) is 9.36 Å². The maximum Gasteiger partial charge on any atom is 0.269 e. The molecule has 4 aromatic rings. The van der Waals surface area contributed by atoms with E-state index < -0.39 is 48.8 Å². The van der Waals surface area contributed by atoms with Crippen LogP contribution in [0.5, 0.6) is 11.5 Å². The van der Waals surface area contributed by atoms with Gasteiger partial charge >= 0.3 is 0 Å². The Morgan fingerprint density at radius 2 is 1.17 bits per heavy atom. The topological polar surface area (TPSA) is 221 Å². The lowest BCUT2D eigenvalue weighted by atomic mass is 10.0. The van der Waals surface area contributed by atoms with Crippen molar-refractivity contribution in [3.8, 4) is 46.6 Å². The first kappa shape index (κ1) is 28.9. The smallest absolute Gasteiger partial charge is 0.269 e. The lowest BCUT2D eigenvalue weighted by Crippen LogP contribution is -2.37. The molecule has 6 N–H and O–H groups in total. The molecule has 0 spiro atoms. The van der Waals surface area contributed by atoms with Gasteiger partial charge in [-0.1, -0.05) is 23.7 Å². The third-order valence-corrected chi connectivity index (χ3v) is 9.10. The van der Waals surface area contributed by atoms with Crippen molar-refractivity contribution < 1.29 is 47.1 Å². The van der Waals surface area contributed by atoms with Gasteiger partial charge in [-0.05, 0) is 48.5 Å². The molecule has 4 aliphatic rings. The summed E-state index contributed by atoms with van der Waals surface area (Å²) >= 11 is 0. The number of hydrogen-bond donors (Lipinski definition) is 4. The van der Waals surface area contributed by atoms with Crippen LogP contribution in [0.25, 0.3) is 11.4 Å². The molecule has 2 fully saturated rings. The van der Waals surface area contributed by atoms with Crippen molar-refractivity contribution in [2.24, 2.45) is 11.5 Å². The minimum atomic E-state index is -2.63. The number of aromatic nitrogens is 4. The number of carbonyl (C=O) groups is 4. The molecule has 2 aromatic heterocycles. The van der Waals surface area contributed by atoms with Crippen LogP contribution in [0.4, 0.5) is 0 Å². The zero-order valence-corrected chi connectivity index (χ0v) is 28.5. The first-order valence-corrected chi connectivity index (χ1v) is 16.6. The van der Waals surface area contributed by atoms with Crippen molar-refractivity contribution in [1.82, 2.24) is 29.4 Å². The van der Waals surface area contributed by atoms with E-state index in [2.05, 4.69) is 33.9 Å². The zero-order chi connectivity index (χ0) is 43.4. The van der Waals surface area contributed by atoms with Gasteiger partial charge in [-0.15, -0.1) is 0 Å². The van der Waals surface area contributed by atoms with Gasteiger partial charge in [0.25, 0.3) is 23.6 Å². The fourth-order valence-corrected chi connectivity index (χ4v) is 6.14. The summed E-state index contributed by atoms with van der Waals surface area (Å²) in [6.45, 7) is -4.68. The monoisotopic (exact) mass is 738 g/mol. The molecule has 2 aromatic carbocycles. The van der Waals surface area contributed by atoms with Crippen molar-refractivity contribution in [3.63, 3.8) is 0 Å². The van der Waals surface area contributed by atoms with Crippen LogP contribution in [0, 0.1) is 23.7 Å². The SMILES string of the molecule is [2H]C([2H])([2H])N1CC[C@@](O)(C#Cc2ccc3c(c2)-n2nc(C(N)=O)cc2CCO3)C1=O.[2H]C([2H])([2H])N1CC[C@](O)(C#Cc2ccc3c(c2)-n2nc(C(N)=O)cc2CCO3)C1=O. The van der Waals surface area contributed by atoms with Gasteiger partial charge in [0.05, 0.1) is 13.2 Å². The Hall–Kier alpha value is -6.62. The minimum Gasteiger partial charge on any atom is -0.491 e. The number of benzene rings is 2. The normalized spacial score (nSPS) is 22.9. The molecular weight excluding hydrogens is 696 g/mol. The number of ether oxygens (including phenoxy) is 2. The summed E-state index contributed by atoms with van der Waals surface area (Å²) in [5.74, 6) is 8.41. The molecule has 0 saturated carbocycles. The Kier molecular flexibility index (Phi) is 7.35. The van der Waals surface area contributed by atoms with Crippen molar-refractivity contribution in [1.29, 1.82) is 0 Å². The highest BCUT2D eigenvalue weighted by Crippen LogP contribution is 2.30. The molecule has 4 aliphatic heterocycles. The molecule has 2 atom stereocenters. The molecule has 0 unspecified atom stereocenters. The largest absolute Gasteiger partial charge is 0.491 e. The van der Waals surface area contributed by atoms with Crippen LogP contribution in [0.2, 0.25) is 0 Å². The maximum absolute atomic E-state index is 12.3. The second kappa shape index (κ2) is 13.7. The number of nitrogens with two attached hydrogens (primary N) is 2. The molecule has 2 saturated heterocycles. The van der Waals surface area contributed by atoms with Crippen molar-refractivity contribution in [2.75, 3.05) is 40.3 Å². The van der Waals surface area contributed by atoms with Crippen LogP contribution in [0.3, 0.4) is 0 Å². The molecule has 0 bridgehead atoms. The van der Waals surface area contributed by atoms with Crippen LogP contribution in [0.1, 0.15) is 64.6 Å². The summed E-state index contributed by atoms with van der Waals surface area (Å²) in [4.78, 5) is 48.9. The number of fused-ring (bicyclic) bond motifs is 6. The summed E-state index contributed by atoms with van der Waals surface area (Å²) in [6, 6.07) is 13.2. The van der Waals surface area contributed by atoms with E-state index in [1.807, 2.05) is 0 Å². The van der Waals surface area contributed by atoms with Gasteiger partial charge in [-0.3, -0.25) is 19.2 Å². The quantitative estimate of drug-likeness (QED) is 0.197. The Morgan fingerprint density at radius 3 is 1.54 bits per heavy atom. The highest BCUT2D eigenvalue weighted by molar-refractivity contribution is 5.92. The number of likely N-dealkylation sites (tertiary alicyclic amines) is 2. The van der Waals surface area contributed by atoms with Crippen molar-refractivity contribution >= 4 is 23.6 Å². The fraction of sp³-hybridized carbons (Fsp3) is 0.316. The number of rotatable bonds is 2. The van der Waals surface area contributed by atoms with Crippen LogP contribution < -0.4 is 20.9 Å². The summed E-state index contributed by atoms with van der Waals surface area (Å²) in [7, 11) is 0. The number of aliphatic hydroxyl groups is 2. The fourth-order valence-electron chi connectivity index (χ4n) is 6.14. The van der Waals surface area contributed by atoms with Gasteiger partial charge in [0, 0.05) is 83.5 Å². The van der Waals surface area contributed by atoms with Crippen LogP contribution in [-0.4, -0.2) is 115 Å². The molecule has 8 rings (SSSR count). The summed E-state index contributed by atoms with van der Waals surface area (Å²) in [5, 5.41) is 29.6. The number of primary amides is 2. The summed E-state index contributed by atoms with van der Waals surface area (Å²) in [5.41, 5.74) is 10.3. The summed E-state index contributed by atoms with van der Waals surface area (Å²) < 4.78 is 58.8. The van der Waals surface area contributed by atoms with E-state index in [-0.39, 0.29) is 37.3 Å². The van der Waals surface area contributed by atoms with Crippen LogP contribution in [-0.2, 0) is 22.4 Å². The minimum absolute atomic E-state index is 0.101. The van der Waals surface area contributed by atoms with E-state index in [9.17, 15) is 29.4 Å². The highest BCUT2D eigenvalue weighted by Gasteiger charge is 2.43. The number of carbonyl (C=O) groups excluding carboxylic acids is 4. The third-order valence-electron chi connectivity index (χ3n) is 9.10. The second-order valence-electron chi connectivity index (χ2n) is 12.8. The third kappa shape index (κ3) is 6.71. The first-order chi connectivity index (χ1) is 28.2. The predicted molar refractivity (Wildman–Crippen MR) is 191 cm³/mol. The standard InChI is InChI=1S/2C19H18N4O4/c2*1-22-8-7-19(26,18(22)25)6-4-12-2-3-16-15(10-12)23-13(5-9-27-16)11-14(21-23)17(20)24/h2*2-3,10-11,26H,5,7-9H2,1H3,(H2,20,24)/t2*19-/m10/s1/i2*1D3. The molecule has 6 heterocycles. The molecule has 0 radical (unpaired) electrons. The molecule has 276 valence electrons. The molecular formula is C38H36N8O8. The van der Waals surface area contributed by atoms with E-state index in [4.69, 9.17) is 29.2 Å². The zero-order valence-electron chi connectivity index (χ0n) is 34.5. The van der Waals surface area contributed by atoms with Gasteiger partial charge in [0.1, 0.15) is 22.9 Å². The van der Waals surface area contributed by atoms with E-state index in [0.29, 0.717) is 69.9 Å². The lowest BCUT2D eigenvalue weighted by Gasteiger charge is -2.13. The van der Waals surface area contributed by atoms with Crippen LogP contribution in [0.15, 0.2) is 48.5 Å². The number of likely N-dealkylation sites (N-methyl/N-ethyl adjacent to an activating group) is 2. The van der Waals surface area contributed by atoms with E-state index >= 15 is 0 Å².